The van der Waals surface area contributed by atoms with Gasteiger partial charge in [-0.1, -0.05) is 0 Å². The van der Waals surface area contributed by atoms with E-state index in [9.17, 15) is 0 Å². The fourth-order valence-corrected chi connectivity index (χ4v) is 0. The minimum absolute atomic E-state index is 0. The maximum Gasteiger partial charge on any atom is 3.00 e. The number of rotatable bonds is 0. The number of hydrogen-bond donors (Lipinski definition) is 0. The predicted molar refractivity (Wildman–Crippen MR) is 22.8 cm³/mol. The molecule has 0 fully saturated rings. The van der Waals surface area contributed by atoms with Gasteiger partial charge in [-0.05, 0) is 0 Å². The fraction of sp³-hybridized carbons (Fsp3) is 0. The Labute approximate surface area is 148 Å². The normalized spacial score (nSPS) is 9.32. The molecule has 0 aromatic carbocycles. The molecule has 0 aliphatic carbocycles. The van der Waals surface area contributed by atoms with Gasteiger partial charge in [0, 0.05) is 0 Å². The molecule has 0 saturated carbocycles. The zero-order valence-corrected chi connectivity index (χ0v) is 14.5. The molecule has 19 heavy (non-hydrogen) atoms. The van der Waals surface area contributed by atoms with Crippen LogP contribution in [0.15, 0.2) is 0 Å². The third-order valence-corrected chi connectivity index (χ3v) is 0. The van der Waals surface area contributed by atoms with Crippen molar-refractivity contribution in [2.45, 2.75) is 0 Å². The summed E-state index contributed by atoms with van der Waals surface area (Å²) in [6.07, 6.45) is 0. The van der Waals surface area contributed by atoms with E-state index in [0.29, 0.717) is 0 Å². The van der Waals surface area contributed by atoms with E-state index in [1.165, 1.54) is 0 Å². The largest absolute Gasteiger partial charge is 3.00 e. The summed E-state index contributed by atoms with van der Waals surface area (Å²) in [5.74, 6) is 0. The van der Waals surface area contributed by atoms with E-state index in [1.807, 2.05) is 0 Å². The molecule has 0 aromatic heterocycles. The summed E-state index contributed by atoms with van der Waals surface area (Å²) in [6, 6.07) is 0. The molecule has 0 bridgehead atoms. The number of phosphoric acid groups is 3. The Balaban J connectivity index is -0.0000000206. The quantitative estimate of drug-likeness (QED) is 0.214. The summed E-state index contributed by atoms with van der Waals surface area (Å²) in [4.78, 5) is 76.9. The van der Waals surface area contributed by atoms with Crippen molar-refractivity contribution in [2.24, 2.45) is 0 Å². The first kappa shape index (κ1) is 42.9. The number of hydrogen-bond acceptors (Lipinski definition) is 12. The first-order valence-corrected chi connectivity index (χ1v) is 6.57. The van der Waals surface area contributed by atoms with Crippen LogP contribution in [0.25, 0.3) is 0 Å². The monoisotopic (exact) mass is 518 g/mol. The van der Waals surface area contributed by atoms with Crippen molar-refractivity contribution in [3.05, 3.63) is 0 Å². The molecule has 0 aromatic rings. The van der Waals surface area contributed by atoms with Gasteiger partial charge in [-0.25, -0.2) is 0 Å². The van der Waals surface area contributed by atoms with E-state index in [4.69, 9.17) is 57.7 Å². The molecule has 0 aliphatic rings. The van der Waals surface area contributed by atoms with E-state index in [0.717, 1.165) is 0 Å². The average molecular weight is 518 g/mol. The van der Waals surface area contributed by atoms with Crippen LogP contribution in [0.4, 0.5) is 0 Å². The van der Waals surface area contributed by atoms with Gasteiger partial charge in [0.1, 0.15) is 0 Å². The van der Waals surface area contributed by atoms with Gasteiger partial charge < -0.3 is 57.7 Å². The molecule has 0 heterocycles. The Morgan fingerprint density at radius 2 is 0.421 bits per heavy atom. The predicted octanol–water partition coefficient (Wildman–Crippen LogP) is -8.48. The summed E-state index contributed by atoms with van der Waals surface area (Å²) in [6.45, 7) is 0. The molecule has 0 unspecified atom stereocenters. The van der Waals surface area contributed by atoms with Crippen molar-refractivity contribution in [1.82, 2.24) is 0 Å². The van der Waals surface area contributed by atoms with Gasteiger partial charge in [0.05, 0.1) is 0 Å². The van der Waals surface area contributed by atoms with Crippen molar-refractivity contribution in [3.63, 3.8) is 0 Å². The second kappa shape index (κ2) is 18.4. The molecule has 19 heteroatoms. The third kappa shape index (κ3) is 1220. The van der Waals surface area contributed by atoms with Crippen molar-refractivity contribution >= 4 is 23.5 Å². The smallest absolute Gasteiger partial charge is 0.822 e. The van der Waals surface area contributed by atoms with Crippen molar-refractivity contribution < 1.29 is 125 Å². The van der Waals surface area contributed by atoms with Crippen LogP contribution < -0.4 is 44.0 Å². The Morgan fingerprint density at radius 3 is 0.421 bits per heavy atom. The van der Waals surface area contributed by atoms with E-state index in [2.05, 4.69) is 0 Å². The molecule has 0 amide bonds. The molecule has 0 spiro atoms. The van der Waals surface area contributed by atoms with Gasteiger partial charge in [-0.2, -0.15) is 23.5 Å². The maximum absolute atomic E-state index is 8.55. The Kier molecular flexibility index (Phi) is 41.6. The van der Waals surface area contributed by atoms with Crippen LogP contribution in [0.5, 0.6) is 0 Å². The molecule has 0 rings (SSSR count). The SMILES string of the molecule is O=P([O-])([O-])[O-].O=P([O-])([O-])[O-].O=P([O-])([O-])[O-].[Co+2].[Co+2].[Co+2].[Fe+3]. The van der Waals surface area contributed by atoms with Gasteiger partial charge in [0.15, 0.2) is 0 Å². The minimum Gasteiger partial charge on any atom is -0.822 e. The fourth-order valence-electron chi connectivity index (χ4n) is 0. The van der Waals surface area contributed by atoms with Gasteiger partial charge in [0.2, 0.25) is 0 Å². The molecule has 12 nitrogen and oxygen atoms in total. The first-order chi connectivity index (χ1) is 6.00. The summed E-state index contributed by atoms with van der Waals surface area (Å²) in [5.41, 5.74) is 0. The van der Waals surface area contributed by atoms with Gasteiger partial charge in [-0.3, -0.25) is 0 Å². The maximum atomic E-state index is 8.55. The summed E-state index contributed by atoms with van der Waals surface area (Å²) < 4.78 is 25.6. The van der Waals surface area contributed by atoms with Crippen LogP contribution in [0.1, 0.15) is 0 Å². The molecular weight excluding hydrogens is 518 g/mol. The third-order valence-electron chi connectivity index (χ3n) is 0. The molecule has 4 radical (unpaired) electrons. The van der Waals surface area contributed by atoms with Crippen LogP contribution in [-0.4, -0.2) is 0 Å². The first-order valence-electron chi connectivity index (χ1n) is 2.19. The van der Waals surface area contributed by atoms with Crippen molar-refractivity contribution in [3.8, 4) is 0 Å². The zero-order chi connectivity index (χ0) is 13.5. The molecule has 0 aliphatic heterocycles. The van der Waals surface area contributed by atoms with Crippen LogP contribution in [0.2, 0.25) is 0 Å². The van der Waals surface area contributed by atoms with E-state index in [1.54, 1.807) is 0 Å². The van der Waals surface area contributed by atoms with Crippen LogP contribution >= 0.6 is 23.5 Å². The topological polar surface area (TPSA) is 259 Å². The van der Waals surface area contributed by atoms with E-state index >= 15 is 0 Å². The van der Waals surface area contributed by atoms with Crippen molar-refractivity contribution in [1.29, 1.82) is 0 Å². The Morgan fingerprint density at radius 1 is 0.421 bits per heavy atom. The van der Waals surface area contributed by atoms with Crippen LogP contribution in [-0.2, 0) is 81.1 Å². The second-order valence-corrected chi connectivity index (χ2v) is 4.02. The Bertz CT molecular complexity index is 214. The summed E-state index contributed by atoms with van der Waals surface area (Å²) >= 11 is 0. The average Bonchev–Trinajstić information content (AvgIpc) is 1.41. The molecular formula is Co3FeO12P3. The second-order valence-electron chi connectivity index (χ2n) is 1.34. The molecule has 0 atom stereocenters. The summed E-state index contributed by atoms with van der Waals surface area (Å²) in [5, 5.41) is 0. The van der Waals surface area contributed by atoms with Crippen LogP contribution in [0, 0.1) is 0 Å². The Hall–Kier alpha value is 2.37. The summed E-state index contributed by atoms with van der Waals surface area (Å²) in [7, 11) is -16.2. The zero-order valence-electron chi connectivity index (χ0n) is 7.59. The molecule has 122 valence electrons. The van der Waals surface area contributed by atoms with Crippen LogP contribution in [0.3, 0.4) is 0 Å². The van der Waals surface area contributed by atoms with Gasteiger partial charge in [0.25, 0.3) is 0 Å². The van der Waals surface area contributed by atoms with Crippen molar-refractivity contribution in [2.75, 3.05) is 0 Å². The molecule has 0 N–H and O–H groups in total. The van der Waals surface area contributed by atoms with Gasteiger partial charge in [-0.15, -0.1) is 0 Å². The van der Waals surface area contributed by atoms with E-state index < -0.39 is 23.5 Å². The standard InChI is InChI=1S/3Co.Fe.3H3O4P/c;;;;3*1-5(2,3)4/h;;;;3*(H3,1,2,3,4)/q3*+2;+3;;;/p-9. The van der Waals surface area contributed by atoms with E-state index in [-0.39, 0.29) is 67.4 Å². The molecule has 0 saturated heterocycles. The minimum atomic E-state index is -5.39. The van der Waals surface area contributed by atoms with Gasteiger partial charge >= 0.3 is 67.4 Å².